The van der Waals surface area contributed by atoms with Crippen molar-refractivity contribution >= 4 is 11.6 Å². The molecule has 1 aromatic heterocycles. The molecule has 0 unspecified atom stereocenters. The van der Waals surface area contributed by atoms with Crippen LogP contribution >= 0.6 is 11.6 Å². The van der Waals surface area contributed by atoms with Crippen molar-refractivity contribution in [2.24, 2.45) is 0 Å². The monoisotopic (exact) mass is 238 g/mol. The third-order valence-corrected chi connectivity index (χ3v) is 2.00. The summed E-state index contributed by atoms with van der Waals surface area (Å²) in [4.78, 5) is 7.91. The maximum absolute atomic E-state index is 12.9. The lowest BCUT2D eigenvalue weighted by Crippen LogP contribution is -1.93. The molecule has 0 aliphatic heterocycles. The minimum absolute atomic E-state index is 0.291. The Bertz CT molecular complexity index is 499. The van der Waals surface area contributed by atoms with Crippen LogP contribution in [0.3, 0.4) is 0 Å². The predicted octanol–water partition coefficient (Wildman–Crippen LogP) is 3.37. The molecule has 2 rings (SSSR count). The Labute approximate surface area is 96.9 Å². The van der Waals surface area contributed by atoms with Gasteiger partial charge in [-0.2, -0.15) is 4.98 Å². The molecule has 16 heavy (non-hydrogen) atoms. The van der Waals surface area contributed by atoms with Gasteiger partial charge >= 0.3 is 0 Å². The minimum atomic E-state index is -0.366. The second-order valence-corrected chi connectivity index (χ2v) is 3.52. The molecule has 82 valence electrons. The van der Waals surface area contributed by atoms with Crippen molar-refractivity contribution in [3.05, 3.63) is 47.1 Å². The molecule has 0 spiro atoms. The molecule has 2 aromatic rings. The van der Waals surface area contributed by atoms with Crippen LogP contribution in [0.15, 0.2) is 30.3 Å². The number of rotatable bonds is 2. The zero-order valence-electron chi connectivity index (χ0n) is 8.45. The smallest absolute Gasteiger partial charge is 0.224 e. The molecule has 1 heterocycles. The summed E-state index contributed by atoms with van der Waals surface area (Å²) in [5.74, 6) is 0.797. The molecule has 0 aliphatic carbocycles. The summed E-state index contributed by atoms with van der Waals surface area (Å²) in [7, 11) is 0. The summed E-state index contributed by atoms with van der Waals surface area (Å²) in [6.45, 7) is 1.70. The lowest BCUT2D eigenvalue weighted by atomic mass is 10.3. The Morgan fingerprint density at radius 2 is 2.06 bits per heavy atom. The number of hydrogen-bond donors (Lipinski definition) is 0. The summed E-state index contributed by atoms with van der Waals surface area (Å²) in [6.07, 6.45) is 0. The van der Waals surface area contributed by atoms with Crippen LogP contribution in [0.5, 0.6) is 11.6 Å². The van der Waals surface area contributed by atoms with Gasteiger partial charge in [-0.25, -0.2) is 9.37 Å². The van der Waals surface area contributed by atoms with E-state index in [0.29, 0.717) is 22.6 Å². The fourth-order valence-corrected chi connectivity index (χ4v) is 1.42. The maximum atomic E-state index is 12.9. The van der Waals surface area contributed by atoms with E-state index in [2.05, 4.69) is 9.97 Å². The zero-order valence-corrected chi connectivity index (χ0v) is 9.20. The second-order valence-electron chi connectivity index (χ2n) is 3.14. The molecular weight excluding hydrogens is 231 g/mol. The zero-order chi connectivity index (χ0) is 11.5. The molecule has 0 amide bonds. The number of aryl methyl sites for hydroxylation is 1. The van der Waals surface area contributed by atoms with E-state index in [0.717, 1.165) is 0 Å². The molecule has 0 N–H and O–H groups in total. The van der Waals surface area contributed by atoms with Crippen molar-refractivity contribution in [3.8, 4) is 11.6 Å². The van der Waals surface area contributed by atoms with Crippen LogP contribution in [0.2, 0.25) is 5.15 Å². The topological polar surface area (TPSA) is 35.0 Å². The van der Waals surface area contributed by atoms with Gasteiger partial charge in [-0.1, -0.05) is 17.7 Å². The fourth-order valence-electron chi connectivity index (χ4n) is 1.21. The van der Waals surface area contributed by atoms with Gasteiger partial charge in [0.2, 0.25) is 5.88 Å². The third-order valence-electron chi connectivity index (χ3n) is 1.80. The van der Waals surface area contributed by atoms with Gasteiger partial charge in [0, 0.05) is 12.1 Å². The Morgan fingerprint density at radius 3 is 2.75 bits per heavy atom. The molecular formula is C11H8ClFN2O. The van der Waals surface area contributed by atoms with Gasteiger partial charge in [0.25, 0.3) is 0 Å². The van der Waals surface area contributed by atoms with Crippen LogP contribution in [-0.4, -0.2) is 9.97 Å². The van der Waals surface area contributed by atoms with Crippen LogP contribution in [0.1, 0.15) is 5.82 Å². The predicted molar refractivity (Wildman–Crippen MR) is 58.3 cm³/mol. The number of aromatic nitrogens is 2. The third kappa shape index (κ3) is 2.67. The molecule has 0 saturated carbocycles. The molecule has 0 aliphatic rings. The van der Waals surface area contributed by atoms with E-state index < -0.39 is 0 Å². The van der Waals surface area contributed by atoms with Crippen molar-refractivity contribution in [2.75, 3.05) is 0 Å². The minimum Gasteiger partial charge on any atom is -0.439 e. The van der Waals surface area contributed by atoms with Crippen LogP contribution in [0.4, 0.5) is 4.39 Å². The van der Waals surface area contributed by atoms with Gasteiger partial charge in [0.1, 0.15) is 22.5 Å². The average Bonchev–Trinajstić information content (AvgIpc) is 2.15. The largest absolute Gasteiger partial charge is 0.439 e. The van der Waals surface area contributed by atoms with Crippen LogP contribution in [0.25, 0.3) is 0 Å². The fraction of sp³-hybridized carbons (Fsp3) is 0.0909. The Hall–Kier alpha value is -1.68. The Morgan fingerprint density at radius 1 is 1.25 bits per heavy atom. The normalized spacial score (nSPS) is 10.2. The quantitative estimate of drug-likeness (QED) is 0.753. The van der Waals surface area contributed by atoms with E-state index in [4.69, 9.17) is 16.3 Å². The lowest BCUT2D eigenvalue weighted by molar-refractivity contribution is 0.455. The van der Waals surface area contributed by atoms with Crippen LogP contribution in [0, 0.1) is 12.7 Å². The van der Waals surface area contributed by atoms with E-state index in [1.807, 2.05) is 0 Å². The second kappa shape index (κ2) is 4.45. The van der Waals surface area contributed by atoms with E-state index in [-0.39, 0.29) is 5.82 Å². The molecule has 0 saturated heterocycles. The van der Waals surface area contributed by atoms with Gasteiger partial charge in [-0.3, -0.25) is 0 Å². The average molecular weight is 239 g/mol. The van der Waals surface area contributed by atoms with Gasteiger partial charge < -0.3 is 4.74 Å². The van der Waals surface area contributed by atoms with E-state index >= 15 is 0 Å². The molecule has 5 heteroatoms. The van der Waals surface area contributed by atoms with Gasteiger partial charge in [-0.15, -0.1) is 0 Å². The highest BCUT2D eigenvalue weighted by atomic mass is 35.5. The van der Waals surface area contributed by atoms with Crippen LogP contribution < -0.4 is 4.74 Å². The molecule has 0 atom stereocenters. The standard InChI is InChI=1S/C11H8ClFN2O/c1-7-14-10(12)6-11(15-7)16-9-4-2-3-8(13)5-9/h2-6H,1H3. The Balaban J connectivity index is 2.27. The van der Waals surface area contributed by atoms with E-state index in [9.17, 15) is 4.39 Å². The summed E-state index contributed by atoms with van der Waals surface area (Å²) >= 11 is 5.74. The van der Waals surface area contributed by atoms with E-state index in [1.54, 1.807) is 19.1 Å². The molecule has 0 radical (unpaired) electrons. The lowest BCUT2D eigenvalue weighted by Gasteiger charge is -2.05. The Kier molecular flexibility index (Phi) is 3.01. The first kappa shape index (κ1) is 10.8. The van der Waals surface area contributed by atoms with Crippen molar-refractivity contribution in [1.82, 2.24) is 9.97 Å². The summed E-state index contributed by atoms with van der Waals surface area (Å²) in [6, 6.07) is 7.27. The number of nitrogens with zero attached hydrogens (tertiary/aromatic N) is 2. The highest BCUT2D eigenvalue weighted by Crippen LogP contribution is 2.21. The summed E-state index contributed by atoms with van der Waals surface area (Å²) in [5.41, 5.74) is 0. The number of halogens is 2. The van der Waals surface area contributed by atoms with Gasteiger partial charge in [-0.05, 0) is 19.1 Å². The first-order valence-corrected chi connectivity index (χ1v) is 4.96. The van der Waals surface area contributed by atoms with Crippen LogP contribution in [-0.2, 0) is 0 Å². The van der Waals surface area contributed by atoms with Crippen molar-refractivity contribution < 1.29 is 9.13 Å². The van der Waals surface area contributed by atoms with Crippen molar-refractivity contribution in [2.45, 2.75) is 6.92 Å². The summed E-state index contributed by atoms with van der Waals surface area (Å²) < 4.78 is 18.2. The molecule has 0 bridgehead atoms. The van der Waals surface area contributed by atoms with Crippen molar-refractivity contribution in [1.29, 1.82) is 0 Å². The molecule has 3 nitrogen and oxygen atoms in total. The number of ether oxygens (including phenoxy) is 1. The SMILES string of the molecule is Cc1nc(Cl)cc(Oc2cccc(F)c2)n1. The number of hydrogen-bond acceptors (Lipinski definition) is 3. The molecule has 0 fully saturated rings. The van der Waals surface area contributed by atoms with Crippen molar-refractivity contribution in [3.63, 3.8) is 0 Å². The van der Waals surface area contributed by atoms with E-state index in [1.165, 1.54) is 18.2 Å². The highest BCUT2D eigenvalue weighted by molar-refractivity contribution is 6.29. The van der Waals surface area contributed by atoms with Gasteiger partial charge in [0.05, 0.1) is 0 Å². The summed E-state index contributed by atoms with van der Waals surface area (Å²) in [5, 5.41) is 0.291. The number of benzene rings is 1. The highest BCUT2D eigenvalue weighted by Gasteiger charge is 2.03. The maximum Gasteiger partial charge on any atom is 0.224 e. The molecule has 1 aromatic carbocycles. The van der Waals surface area contributed by atoms with Gasteiger partial charge in [0.15, 0.2) is 0 Å². The first-order valence-electron chi connectivity index (χ1n) is 4.58. The first-order chi connectivity index (χ1) is 7.63.